The summed E-state index contributed by atoms with van der Waals surface area (Å²) in [5.74, 6) is 7.04. The van der Waals surface area contributed by atoms with E-state index in [0.717, 1.165) is 59.2 Å². The molecule has 2 aliphatic heterocycles. The molecule has 5 heterocycles. The van der Waals surface area contributed by atoms with Crippen LogP contribution in [0.5, 0.6) is 11.6 Å². The third-order valence-corrected chi connectivity index (χ3v) is 11.5. The Hall–Kier alpha value is -6.03. The second-order valence-electron chi connectivity index (χ2n) is 15.3. The number of ether oxygens (including phenoxy) is 4. The Balaban J connectivity index is 0.639. The summed E-state index contributed by atoms with van der Waals surface area (Å²) in [4.78, 5) is 48.4. The fraction of sp³-hybridized carbons (Fsp3) is 0.356. The lowest BCUT2D eigenvalue weighted by atomic mass is 9.76. The number of carbonyl (C=O) groups is 3. The molecule has 2 saturated carbocycles. The molecule has 3 aromatic heterocycles. The van der Waals surface area contributed by atoms with Gasteiger partial charge in [0.1, 0.15) is 31.1 Å². The van der Waals surface area contributed by atoms with Crippen molar-refractivity contribution in [3.8, 4) is 34.6 Å². The molecule has 0 spiro atoms. The molecule has 2 aromatic carbocycles. The molecular weight excluding hydrogens is 723 g/mol. The number of hydrogen-bond acceptors (Lipinski definition) is 9. The predicted octanol–water partition coefficient (Wildman–Crippen LogP) is 6.23. The average molecular weight is 766 g/mol. The topological polar surface area (TPSA) is 134 Å². The van der Waals surface area contributed by atoms with Crippen molar-refractivity contribution in [2.75, 3.05) is 26.4 Å². The molecule has 1 atom stereocenters. The normalized spacial score (nSPS) is 22.8. The molecule has 0 bridgehead atoms. The Bertz CT molecular complexity index is 2450. The second kappa shape index (κ2) is 15.5. The smallest absolute Gasteiger partial charge is 0.262 e. The molecule has 57 heavy (non-hydrogen) atoms. The van der Waals surface area contributed by atoms with Crippen LogP contribution >= 0.6 is 0 Å². The number of aromatic nitrogens is 3. The van der Waals surface area contributed by atoms with E-state index in [0.29, 0.717) is 55.2 Å². The number of piperidine rings is 1. The number of hydrogen-bond donors (Lipinski definition) is 1. The van der Waals surface area contributed by atoms with Gasteiger partial charge in [-0.2, -0.15) is 0 Å². The molecule has 1 saturated heterocycles. The van der Waals surface area contributed by atoms with E-state index in [2.05, 4.69) is 69.6 Å². The van der Waals surface area contributed by atoms with Crippen LogP contribution in [0.2, 0.25) is 0 Å². The number of amides is 3. The molecule has 12 nitrogen and oxygen atoms in total. The van der Waals surface area contributed by atoms with Gasteiger partial charge in [-0.1, -0.05) is 30.6 Å². The average Bonchev–Trinajstić information content (AvgIpc) is 3.61. The number of imide groups is 1. The quantitative estimate of drug-likeness (QED) is 0.0892. The number of fused-ring (bicyclic) bond motifs is 4. The van der Waals surface area contributed by atoms with Gasteiger partial charge in [-0.3, -0.25) is 24.3 Å². The number of rotatable bonds is 12. The molecule has 3 fully saturated rings. The summed E-state index contributed by atoms with van der Waals surface area (Å²) in [5.41, 5.74) is 5.58. The van der Waals surface area contributed by atoms with Crippen molar-refractivity contribution >= 4 is 39.5 Å². The van der Waals surface area contributed by atoms with Crippen molar-refractivity contribution in [1.82, 2.24) is 24.8 Å². The van der Waals surface area contributed by atoms with Crippen LogP contribution in [0.1, 0.15) is 59.2 Å². The van der Waals surface area contributed by atoms with Crippen LogP contribution in [-0.2, 0) is 21.3 Å². The number of benzene rings is 2. The Morgan fingerprint density at radius 2 is 1.72 bits per heavy atom. The van der Waals surface area contributed by atoms with Gasteiger partial charge in [0.15, 0.2) is 0 Å². The largest absolute Gasteiger partial charge is 0.491 e. The highest BCUT2D eigenvalue weighted by Gasteiger charge is 2.44. The summed E-state index contributed by atoms with van der Waals surface area (Å²) in [7, 11) is 2.09. The maximum Gasteiger partial charge on any atom is 0.262 e. The molecule has 290 valence electrons. The molecule has 9 rings (SSSR count). The van der Waals surface area contributed by atoms with Gasteiger partial charge < -0.3 is 28.8 Å². The van der Waals surface area contributed by atoms with Crippen LogP contribution in [0.4, 0.5) is 0 Å². The van der Waals surface area contributed by atoms with Crippen LogP contribution in [0.15, 0.2) is 85.5 Å². The van der Waals surface area contributed by atoms with Crippen molar-refractivity contribution in [2.24, 2.45) is 18.9 Å². The van der Waals surface area contributed by atoms with Gasteiger partial charge in [0.2, 0.25) is 11.8 Å². The third kappa shape index (κ3) is 7.36. The first-order valence-electron chi connectivity index (χ1n) is 19.6. The Morgan fingerprint density at radius 1 is 0.877 bits per heavy atom. The fourth-order valence-electron chi connectivity index (χ4n) is 8.18. The van der Waals surface area contributed by atoms with E-state index in [-0.39, 0.29) is 29.9 Å². The van der Waals surface area contributed by atoms with Gasteiger partial charge in [0.25, 0.3) is 11.8 Å². The van der Waals surface area contributed by atoms with E-state index in [4.69, 9.17) is 18.9 Å². The maximum atomic E-state index is 13.1. The molecule has 0 radical (unpaired) electrons. The third-order valence-electron chi connectivity index (χ3n) is 11.5. The minimum atomic E-state index is -0.846. The number of allylic oxidation sites excluding steroid dienone is 1. The zero-order chi connectivity index (χ0) is 39.0. The standard InChI is InChI=1S/C45H43N5O7/c1-27-5-11-40(43(51)48-27)50-44(52)36-10-8-32(23-37(36)45(50)53)55-17-16-54-15-3-4-28-18-29(19-28)26-56-33-21-34(22-33)57-42-12-7-31(24-47-42)30-6-9-35-38-25-46-14-13-39(38)49(2)41(35)20-30/h6-10,12-14,20,23-25,28-29,33-34,40H,1,5,11,15-19,21-22,26H2,2H3,(H,48,51). The lowest BCUT2D eigenvalue weighted by molar-refractivity contribution is -0.125. The molecular formula is C45H43N5O7. The van der Waals surface area contributed by atoms with E-state index in [1.165, 1.54) is 10.9 Å². The van der Waals surface area contributed by atoms with Gasteiger partial charge in [0, 0.05) is 84.6 Å². The summed E-state index contributed by atoms with van der Waals surface area (Å²) in [6, 6.07) is 16.5. The van der Waals surface area contributed by atoms with E-state index >= 15 is 0 Å². The van der Waals surface area contributed by atoms with Crippen molar-refractivity contribution in [3.05, 3.63) is 96.6 Å². The minimum Gasteiger partial charge on any atom is -0.491 e. The predicted molar refractivity (Wildman–Crippen MR) is 212 cm³/mol. The van der Waals surface area contributed by atoms with Crippen LogP contribution in [0.25, 0.3) is 32.9 Å². The highest BCUT2D eigenvalue weighted by Crippen LogP contribution is 2.36. The number of pyridine rings is 2. The Labute approximate surface area is 330 Å². The molecule has 5 aromatic rings. The van der Waals surface area contributed by atoms with E-state index in [9.17, 15) is 14.4 Å². The number of carbonyl (C=O) groups excluding carboxylic acids is 3. The van der Waals surface area contributed by atoms with Crippen molar-refractivity contribution in [1.29, 1.82) is 0 Å². The van der Waals surface area contributed by atoms with Crippen LogP contribution < -0.4 is 14.8 Å². The van der Waals surface area contributed by atoms with Crippen LogP contribution in [0.3, 0.4) is 0 Å². The summed E-state index contributed by atoms with van der Waals surface area (Å²) in [5, 5.41) is 4.99. The summed E-state index contributed by atoms with van der Waals surface area (Å²) < 4.78 is 25.9. The summed E-state index contributed by atoms with van der Waals surface area (Å²) >= 11 is 0. The van der Waals surface area contributed by atoms with Crippen molar-refractivity contribution in [2.45, 2.75) is 56.8 Å². The zero-order valence-electron chi connectivity index (χ0n) is 31.7. The molecule has 12 heteroatoms. The second-order valence-corrected chi connectivity index (χ2v) is 15.3. The Kier molecular flexibility index (Phi) is 9.94. The maximum absolute atomic E-state index is 13.1. The van der Waals surface area contributed by atoms with Gasteiger partial charge in [-0.05, 0) is 73.6 Å². The first-order chi connectivity index (χ1) is 27.8. The van der Waals surface area contributed by atoms with Crippen LogP contribution in [-0.4, -0.2) is 81.8 Å². The fourth-order valence-corrected chi connectivity index (χ4v) is 8.18. The first kappa shape index (κ1) is 36.6. The van der Waals surface area contributed by atoms with Crippen LogP contribution in [0, 0.1) is 23.7 Å². The lowest BCUT2D eigenvalue weighted by Crippen LogP contribution is -2.51. The first-order valence-corrected chi connectivity index (χ1v) is 19.6. The summed E-state index contributed by atoms with van der Waals surface area (Å²) in [6.45, 7) is 5.41. The Morgan fingerprint density at radius 3 is 2.54 bits per heavy atom. The minimum absolute atomic E-state index is 0.118. The van der Waals surface area contributed by atoms with E-state index in [1.54, 1.807) is 18.2 Å². The number of nitrogens with zero attached hydrogens (tertiary/aromatic N) is 4. The van der Waals surface area contributed by atoms with Crippen molar-refractivity contribution in [3.63, 3.8) is 0 Å². The van der Waals surface area contributed by atoms with Crippen molar-refractivity contribution < 1.29 is 33.3 Å². The van der Waals surface area contributed by atoms with E-state index < -0.39 is 23.8 Å². The van der Waals surface area contributed by atoms with Gasteiger partial charge in [0.05, 0.1) is 29.4 Å². The highest BCUT2D eigenvalue weighted by molar-refractivity contribution is 6.23. The molecule has 2 aliphatic carbocycles. The zero-order valence-corrected chi connectivity index (χ0v) is 31.7. The summed E-state index contributed by atoms with van der Waals surface area (Å²) in [6.07, 6.45) is 10.6. The lowest BCUT2D eigenvalue weighted by Gasteiger charge is -2.38. The molecule has 3 amide bonds. The molecule has 4 aliphatic rings. The highest BCUT2D eigenvalue weighted by atomic mass is 16.5. The number of aryl methyl sites for hydroxylation is 1. The number of nitrogens with one attached hydrogen (secondary N) is 1. The molecule has 1 unspecified atom stereocenters. The monoisotopic (exact) mass is 765 g/mol. The van der Waals surface area contributed by atoms with Gasteiger partial charge >= 0.3 is 0 Å². The van der Waals surface area contributed by atoms with Gasteiger partial charge in [-0.25, -0.2) is 4.98 Å². The van der Waals surface area contributed by atoms with E-state index in [1.807, 2.05) is 30.7 Å². The van der Waals surface area contributed by atoms with Gasteiger partial charge in [-0.15, -0.1) is 0 Å². The SMILES string of the molecule is C=C1CCC(N2C(=O)c3ccc(OCCOCC#CC4CC(COC5CC(Oc6ccc(-c7ccc8c9cnccc9n(C)c8c7)cn6)C5)C4)cc3C2=O)C(=O)N1. The molecule has 1 N–H and O–H groups in total.